The van der Waals surface area contributed by atoms with Gasteiger partial charge in [0.15, 0.2) is 0 Å². The molecule has 1 nitrogen and oxygen atoms in total. The van der Waals surface area contributed by atoms with E-state index in [2.05, 4.69) is 52.8 Å². The zero-order chi connectivity index (χ0) is 11.6. The first kappa shape index (κ1) is 12.3. The molecule has 1 atom stereocenters. The van der Waals surface area contributed by atoms with E-state index in [0.717, 1.165) is 6.42 Å². The molecule has 1 aromatic rings. The predicted molar refractivity (Wildman–Crippen MR) is 66.9 cm³/mol. The van der Waals surface area contributed by atoms with Crippen molar-refractivity contribution in [2.45, 2.75) is 47.1 Å². The van der Waals surface area contributed by atoms with E-state index in [9.17, 15) is 0 Å². The molecule has 0 aliphatic carbocycles. The molecule has 84 valence electrons. The maximum absolute atomic E-state index is 6.32. The smallest absolute Gasteiger partial charge is 0.0346 e. The molecule has 1 aromatic carbocycles. The highest BCUT2D eigenvalue weighted by atomic mass is 14.7. The van der Waals surface area contributed by atoms with Gasteiger partial charge in [0.2, 0.25) is 0 Å². The number of benzene rings is 1. The molecule has 0 saturated carbocycles. The van der Waals surface area contributed by atoms with Gasteiger partial charge in [0.25, 0.3) is 0 Å². The van der Waals surface area contributed by atoms with E-state index >= 15 is 0 Å². The first-order valence-electron chi connectivity index (χ1n) is 5.70. The lowest BCUT2D eigenvalue weighted by molar-refractivity contribution is 0.278. The Labute approximate surface area is 93.7 Å². The second-order valence-electron chi connectivity index (χ2n) is 5.24. The normalized spacial score (nSPS) is 14.0. The lowest BCUT2D eigenvalue weighted by Gasteiger charge is -2.31. The van der Waals surface area contributed by atoms with Crippen LogP contribution in [0.1, 0.15) is 49.9 Å². The van der Waals surface area contributed by atoms with Gasteiger partial charge in [0.1, 0.15) is 0 Å². The van der Waals surface area contributed by atoms with Crippen LogP contribution in [0.25, 0.3) is 0 Å². The predicted octanol–water partition coefficient (Wildman–Crippen LogP) is 3.74. The number of nitrogens with two attached hydrogens (primary N) is 1. The van der Waals surface area contributed by atoms with Crippen LogP contribution in [0.4, 0.5) is 0 Å². The molecule has 1 heteroatoms. The van der Waals surface area contributed by atoms with Crippen LogP contribution in [0.15, 0.2) is 18.2 Å². The average Bonchev–Trinajstić information content (AvgIpc) is 2.15. The standard InChI is InChI=1S/C14H23N/c1-6-14(4,5)13(15)12-8-10(2)7-11(3)9-12/h7-9,13H,6,15H2,1-5H3. The molecule has 2 N–H and O–H groups in total. The molecule has 15 heavy (non-hydrogen) atoms. The van der Waals surface area contributed by atoms with Gasteiger partial charge in [-0.25, -0.2) is 0 Å². The highest BCUT2D eigenvalue weighted by Gasteiger charge is 2.25. The van der Waals surface area contributed by atoms with Gasteiger partial charge in [0, 0.05) is 6.04 Å². The van der Waals surface area contributed by atoms with Gasteiger partial charge in [-0.05, 0) is 31.2 Å². The van der Waals surface area contributed by atoms with Crippen molar-refractivity contribution in [3.05, 3.63) is 34.9 Å². The summed E-state index contributed by atoms with van der Waals surface area (Å²) in [7, 11) is 0. The van der Waals surface area contributed by atoms with Crippen LogP contribution in [0.2, 0.25) is 0 Å². The quantitative estimate of drug-likeness (QED) is 0.799. The van der Waals surface area contributed by atoms with E-state index in [1.807, 2.05) is 0 Å². The molecule has 0 spiro atoms. The van der Waals surface area contributed by atoms with Crippen LogP contribution in [-0.4, -0.2) is 0 Å². The Morgan fingerprint density at radius 3 is 2.00 bits per heavy atom. The minimum atomic E-state index is 0.126. The van der Waals surface area contributed by atoms with Gasteiger partial charge in [0.05, 0.1) is 0 Å². The van der Waals surface area contributed by atoms with Crippen LogP contribution in [0.5, 0.6) is 0 Å². The molecule has 0 saturated heterocycles. The first-order valence-corrected chi connectivity index (χ1v) is 5.70. The van der Waals surface area contributed by atoms with Crippen molar-refractivity contribution in [2.24, 2.45) is 11.1 Å². The Kier molecular flexibility index (Phi) is 3.56. The van der Waals surface area contributed by atoms with Gasteiger partial charge in [-0.15, -0.1) is 0 Å². The van der Waals surface area contributed by atoms with Crippen molar-refractivity contribution in [1.29, 1.82) is 0 Å². The minimum absolute atomic E-state index is 0.126. The molecular formula is C14H23N. The summed E-state index contributed by atoms with van der Waals surface area (Å²) in [6, 6.07) is 6.72. The fraction of sp³-hybridized carbons (Fsp3) is 0.571. The number of hydrogen-bond donors (Lipinski definition) is 1. The lowest BCUT2D eigenvalue weighted by Crippen LogP contribution is -2.28. The summed E-state index contributed by atoms with van der Waals surface area (Å²) in [5, 5.41) is 0. The third kappa shape index (κ3) is 2.82. The van der Waals surface area contributed by atoms with Gasteiger partial charge < -0.3 is 5.73 Å². The zero-order valence-electron chi connectivity index (χ0n) is 10.6. The largest absolute Gasteiger partial charge is 0.324 e. The van der Waals surface area contributed by atoms with E-state index in [1.165, 1.54) is 16.7 Å². The monoisotopic (exact) mass is 205 g/mol. The molecule has 0 aliphatic heterocycles. The summed E-state index contributed by atoms with van der Waals surface area (Å²) in [6.07, 6.45) is 1.10. The highest BCUT2D eigenvalue weighted by molar-refractivity contribution is 5.31. The van der Waals surface area contributed by atoms with E-state index in [0.29, 0.717) is 0 Å². The minimum Gasteiger partial charge on any atom is -0.324 e. The highest BCUT2D eigenvalue weighted by Crippen LogP contribution is 2.34. The average molecular weight is 205 g/mol. The maximum atomic E-state index is 6.32. The van der Waals surface area contributed by atoms with Gasteiger partial charge in [-0.1, -0.05) is 50.1 Å². The second-order valence-corrected chi connectivity index (χ2v) is 5.24. The third-order valence-electron chi connectivity index (χ3n) is 3.36. The Morgan fingerprint density at radius 2 is 1.60 bits per heavy atom. The molecule has 0 fully saturated rings. The molecule has 0 bridgehead atoms. The van der Waals surface area contributed by atoms with Crippen molar-refractivity contribution in [3.8, 4) is 0 Å². The Balaban J connectivity index is 3.06. The summed E-state index contributed by atoms with van der Waals surface area (Å²) >= 11 is 0. The van der Waals surface area contributed by atoms with Crippen LogP contribution in [-0.2, 0) is 0 Å². The topological polar surface area (TPSA) is 26.0 Å². The van der Waals surface area contributed by atoms with Crippen molar-refractivity contribution < 1.29 is 0 Å². The summed E-state index contributed by atoms with van der Waals surface area (Å²) < 4.78 is 0. The fourth-order valence-corrected chi connectivity index (χ4v) is 1.86. The number of hydrogen-bond acceptors (Lipinski definition) is 1. The maximum Gasteiger partial charge on any atom is 0.0346 e. The van der Waals surface area contributed by atoms with Crippen LogP contribution in [0, 0.1) is 19.3 Å². The summed E-state index contributed by atoms with van der Waals surface area (Å²) in [6.45, 7) is 10.9. The van der Waals surface area contributed by atoms with E-state index in [4.69, 9.17) is 5.73 Å². The third-order valence-corrected chi connectivity index (χ3v) is 3.36. The van der Waals surface area contributed by atoms with Crippen LogP contribution < -0.4 is 5.73 Å². The van der Waals surface area contributed by atoms with E-state index < -0.39 is 0 Å². The van der Waals surface area contributed by atoms with E-state index in [1.54, 1.807) is 0 Å². The van der Waals surface area contributed by atoms with Crippen molar-refractivity contribution in [3.63, 3.8) is 0 Å². The van der Waals surface area contributed by atoms with E-state index in [-0.39, 0.29) is 11.5 Å². The number of rotatable bonds is 3. The van der Waals surface area contributed by atoms with Crippen LogP contribution in [0.3, 0.4) is 0 Å². The number of aryl methyl sites for hydroxylation is 2. The molecule has 1 rings (SSSR count). The second kappa shape index (κ2) is 4.36. The van der Waals surface area contributed by atoms with Gasteiger partial charge in [-0.3, -0.25) is 0 Å². The molecule has 0 aromatic heterocycles. The Morgan fingerprint density at radius 1 is 1.13 bits per heavy atom. The van der Waals surface area contributed by atoms with Gasteiger partial charge in [-0.2, -0.15) is 0 Å². The van der Waals surface area contributed by atoms with Crippen LogP contribution >= 0.6 is 0 Å². The SMILES string of the molecule is CCC(C)(C)C(N)c1cc(C)cc(C)c1. The molecule has 0 heterocycles. The Bertz CT molecular complexity index is 319. The molecular weight excluding hydrogens is 182 g/mol. The fourth-order valence-electron chi connectivity index (χ4n) is 1.86. The van der Waals surface area contributed by atoms with Crippen molar-refractivity contribution in [1.82, 2.24) is 0 Å². The molecule has 0 radical (unpaired) electrons. The zero-order valence-corrected chi connectivity index (χ0v) is 10.6. The summed E-state index contributed by atoms with van der Waals surface area (Å²) in [5.74, 6) is 0. The first-order chi connectivity index (χ1) is 6.86. The molecule has 1 unspecified atom stereocenters. The van der Waals surface area contributed by atoms with Crippen molar-refractivity contribution in [2.75, 3.05) is 0 Å². The lowest BCUT2D eigenvalue weighted by atomic mass is 9.78. The van der Waals surface area contributed by atoms with Crippen molar-refractivity contribution >= 4 is 0 Å². The molecule has 0 amide bonds. The van der Waals surface area contributed by atoms with Gasteiger partial charge >= 0.3 is 0 Å². The Hall–Kier alpha value is -0.820. The summed E-state index contributed by atoms with van der Waals surface area (Å²) in [4.78, 5) is 0. The summed E-state index contributed by atoms with van der Waals surface area (Å²) in [5.41, 5.74) is 10.3. The molecule has 0 aliphatic rings.